The predicted molar refractivity (Wildman–Crippen MR) is 86.1 cm³/mol. The normalized spacial score (nSPS) is 11.5. The Balaban J connectivity index is 2.28. The average Bonchev–Trinajstić information content (AvgIpc) is 2.50. The molecule has 0 radical (unpaired) electrons. The summed E-state index contributed by atoms with van der Waals surface area (Å²) in [5.74, 6) is 0. The Morgan fingerprint density at radius 3 is 2.29 bits per heavy atom. The zero-order valence-electron chi connectivity index (χ0n) is 11.5. The molecule has 2 aromatic carbocycles. The van der Waals surface area contributed by atoms with Gasteiger partial charge in [-0.15, -0.1) is 0 Å². The van der Waals surface area contributed by atoms with E-state index < -0.39 is 9.84 Å². The van der Waals surface area contributed by atoms with Gasteiger partial charge in [-0.05, 0) is 49.1 Å². The van der Waals surface area contributed by atoms with E-state index in [0.29, 0.717) is 4.90 Å². The van der Waals surface area contributed by atoms with Crippen molar-refractivity contribution >= 4 is 25.8 Å². The summed E-state index contributed by atoms with van der Waals surface area (Å²) in [5, 5.41) is 8.80. The first-order valence-electron chi connectivity index (χ1n) is 6.75. The summed E-state index contributed by atoms with van der Waals surface area (Å²) in [6.07, 6.45) is 2.43. The Kier molecular flexibility index (Phi) is 5.56. The molecule has 2 aromatic rings. The number of hydrogen-bond acceptors (Lipinski definition) is 3. The van der Waals surface area contributed by atoms with Crippen LogP contribution in [0.15, 0.2) is 62.8 Å². The van der Waals surface area contributed by atoms with Crippen molar-refractivity contribution in [3.63, 3.8) is 0 Å². The molecule has 0 aliphatic carbocycles. The minimum Gasteiger partial charge on any atom is -0.396 e. The lowest BCUT2D eigenvalue weighted by atomic mass is 10.1. The number of sulfone groups is 1. The van der Waals surface area contributed by atoms with Crippen LogP contribution in [0.2, 0.25) is 0 Å². The number of rotatable bonds is 6. The summed E-state index contributed by atoms with van der Waals surface area (Å²) in [6, 6.07) is 13.5. The molecule has 2 rings (SSSR count). The predicted octanol–water partition coefficient (Wildman–Crippen LogP) is 3.60. The maximum absolute atomic E-state index is 12.5. The topological polar surface area (TPSA) is 54.4 Å². The Morgan fingerprint density at radius 1 is 0.952 bits per heavy atom. The molecule has 0 amide bonds. The van der Waals surface area contributed by atoms with Crippen LogP contribution in [0.25, 0.3) is 0 Å². The molecule has 0 fully saturated rings. The van der Waals surface area contributed by atoms with E-state index in [-0.39, 0.29) is 11.5 Å². The van der Waals surface area contributed by atoms with Crippen molar-refractivity contribution in [1.29, 1.82) is 0 Å². The number of halogens is 1. The van der Waals surface area contributed by atoms with Crippen LogP contribution in [0.1, 0.15) is 18.4 Å². The number of aliphatic hydroxyl groups excluding tert-OH is 1. The van der Waals surface area contributed by atoms with Gasteiger partial charge >= 0.3 is 0 Å². The fourth-order valence-electron chi connectivity index (χ4n) is 2.06. The van der Waals surface area contributed by atoms with Gasteiger partial charge in [0.15, 0.2) is 0 Å². The third kappa shape index (κ3) is 3.93. The molecular formula is C16H17BrO3S. The van der Waals surface area contributed by atoms with Crippen molar-refractivity contribution in [3.8, 4) is 0 Å². The van der Waals surface area contributed by atoms with E-state index in [0.717, 1.165) is 29.3 Å². The highest BCUT2D eigenvalue weighted by molar-refractivity contribution is 9.10. The van der Waals surface area contributed by atoms with E-state index in [1.165, 1.54) is 0 Å². The van der Waals surface area contributed by atoms with Crippen LogP contribution in [0.4, 0.5) is 0 Å². The van der Waals surface area contributed by atoms with Gasteiger partial charge in [0.05, 0.1) is 9.79 Å². The van der Waals surface area contributed by atoms with E-state index in [9.17, 15) is 8.42 Å². The molecular weight excluding hydrogens is 352 g/mol. The summed E-state index contributed by atoms with van der Waals surface area (Å²) < 4.78 is 25.8. The van der Waals surface area contributed by atoms with Crippen LogP contribution in [-0.4, -0.2) is 20.1 Å². The summed E-state index contributed by atoms with van der Waals surface area (Å²) in [6.45, 7) is 0.179. The summed E-state index contributed by atoms with van der Waals surface area (Å²) in [4.78, 5) is 0.580. The zero-order valence-corrected chi connectivity index (χ0v) is 13.9. The summed E-state index contributed by atoms with van der Waals surface area (Å²) in [5.41, 5.74) is 1.05. The molecule has 21 heavy (non-hydrogen) atoms. The molecule has 112 valence electrons. The molecule has 5 heteroatoms. The largest absolute Gasteiger partial charge is 0.396 e. The van der Waals surface area contributed by atoms with Gasteiger partial charge in [-0.25, -0.2) is 8.42 Å². The number of aryl methyl sites for hydroxylation is 1. The molecule has 0 bridgehead atoms. The molecule has 0 unspecified atom stereocenters. The van der Waals surface area contributed by atoms with Gasteiger partial charge in [-0.3, -0.25) is 0 Å². The molecule has 0 atom stereocenters. The van der Waals surface area contributed by atoms with Crippen LogP contribution in [0.3, 0.4) is 0 Å². The number of aliphatic hydroxyl groups is 1. The van der Waals surface area contributed by atoms with Crippen LogP contribution in [-0.2, 0) is 16.3 Å². The smallest absolute Gasteiger partial charge is 0.206 e. The molecule has 0 aliphatic heterocycles. The van der Waals surface area contributed by atoms with Gasteiger partial charge in [0.25, 0.3) is 0 Å². The van der Waals surface area contributed by atoms with Crippen molar-refractivity contribution in [2.45, 2.75) is 29.1 Å². The van der Waals surface area contributed by atoms with E-state index in [4.69, 9.17) is 5.11 Å². The molecule has 0 saturated carbocycles. The van der Waals surface area contributed by atoms with Crippen molar-refractivity contribution < 1.29 is 13.5 Å². The van der Waals surface area contributed by atoms with Crippen molar-refractivity contribution in [2.75, 3.05) is 6.61 Å². The van der Waals surface area contributed by atoms with Gasteiger partial charge in [-0.1, -0.05) is 40.2 Å². The van der Waals surface area contributed by atoms with Gasteiger partial charge in [0.1, 0.15) is 0 Å². The highest BCUT2D eigenvalue weighted by atomic mass is 79.9. The Labute approximate surface area is 133 Å². The lowest BCUT2D eigenvalue weighted by Crippen LogP contribution is -2.02. The Hall–Kier alpha value is -1.17. The summed E-state index contributed by atoms with van der Waals surface area (Å²) >= 11 is 3.44. The first-order chi connectivity index (χ1) is 10.1. The minimum atomic E-state index is -3.47. The Bertz CT molecular complexity index is 697. The summed E-state index contributed by atoms with van der Waals surface area (Å²) in [7, 11) is -3.47. The number of benzene rings is 2. The third-order valence-corrected chi connectivity index (χ3v) is 5.75. The highest BCUT2D eigenvalue weighted by Crippen LogP contribution is 2.26. The quantitative estimate of drug-likeness (QED) is 0.792. The van der Waals surface area contributed by atoms with Crippen molar-refractivity contribution in [2.24, 2.45) is 0 Å². The van der Waals surface area contributed by atoms with Gasteiger partial charge in [-0.2, -0.15) is 0 Å². The lowest BCUT2D eigenvalue weighted by molar-refractivity contribution is 0.284. The van der Waals surface area contributed by atoms with Crippen molar-refractivity contribution in [3.05, 3.63) is 58.6 Å². The molecule has 0 aromatic heterocycles. The fraction of sp³-hybridized carbons (Fsp3) is 0.250. The molecule has 3 nitrogen and oxygen atoms in total. The zero-order chi connectivity index (χ0) is 15.3. The van der Waals surface area contributed by atoms with Crippen LogP contribution < -0.4 is 0 Å². The molecule has 0 heterocycles. The highest BCUT2D eigenvalue weighted by Gasteiger charge is 2.18. The lowest BCUT2D eigenvalue weighted by Gasteiger charge is -2.08. The maximum atomic E-state index is 12.5. The molecule has 1 N–H and O–H groups in total. The second-order valence-electron chi connectivity index (χ2n) is 4.75. The SMILES string of the molecule is O=S(=O)(c1ccccc1)c1ccc(CCCCO)c(Br)c1. The minimum absolute atomic E-state index is 0.179. The average molecular weight is 369 g/mol. The van der Waals surface area contributed by atoms with Crippen molar-refractivity contribution in [1.82, 2.24) is 0 Å². The monoisotopic (exact) mass is 368 g/mol. The third-order valence-electron chi connectivity index (χ3n) is 3.24. The number of unbranched alkanes of at least 4 members (excludes halogenated alkanes) is 1. The van der Waals surface area contributed by atoms with Crippen LogP contribution >= 0.6 is 15.9 Å². The Morgan fingerprint density at radius 2 is 1.67 bits per heavy atom. The first kappa shape index (κ1) is 16.2. The van der Waals surface area contributed by atoms with Crippen LogP contribution in [0.5, 0.6) is 0 Å². The van der Waals surface area contributed by atoms with E-state index >= 15 is 0 Å². The van der Waals surface area contributed by atoms with Gasteiger partial charge < -0.3 is 5.11 Å². The molecule has 0 spiro atoms. The second-order valence-corrected chi connectivity index (χ2v) is 7.55. The van der Waals surface area contributed by atoms with E-state index in [1.54, 1.807) is 42.5 Å². The number of hydrogen-bond donors (Lipinski definition) is 1. The van der Waals surface area contributed by atoms with Crippen LogP contribution in [0, 0.1) is 0 Å². The van der Waals surface area contributed by atoms with E-state index in [1.807, 2.05) is 6.07 Å². The van der Waals surface area contributed by atoms with Gasteiger partial charge in [0, 0.05) is 11.1 Å². The fourth-order valence-corrected chi connectivity index (χ4v) is 4.10. The molecule has 0 aliphatic rings. The van der Waals surface area contributed by atoms with Gasteiger partial charge in [0.2, 0.25) is 9.84 Å². The molecule has 0 saturated heterocycles. The second kappa shape index (κ2) is 7.20. The standard InChI is InChI=1S/C16H17BrO3S/c17-16-12-15(10-9-13(16)6-4-5-11-18)21(19,20)14-7-2-1-3-8-14/h1-3,7-10,12,18H,4-6,11H2. The maximum Gasteiger partial charge on any atom is 0.206 e. The van der Waals surface area contributed by atoms with E-state index in [2.05, 4.69) is 15.9 Å². The first-order valence-corrected chi connectivity index (χ1v) is 9.03.